The maximum Gasteiger partial charge on any atom is 0.257 e. The molecular formula is C23H28N4O4. The molecule has 2 N–H and O–H groups in total. The molecular weight excluding hydrogens is 396 g/mol. The molecule has 164 valence electrons. The molecule has 8 nitrogen and oxygen atoms in total. The summed E-state index contributed by atoms with van der Waals surface area (Å²) in [5.74, 6) is -0.133. The summed E-state index contributed by atoms with van der Waals surface area (Å²) in [5, 5.41) is 5.35. The number of carbonyl (C=O) groups excluding carboxylic acids is 3. The van der Waals surface area contributed by atoms with Gasteiger partial charge in [0.15, 0.2) is 0 Å². The van der Waals surface area contributed by atoms with Gasteiger partial charge in [-0.3, -0.25) is 29.5 Å². The first kappa shape index (κ1) is 22.5. The van der Waals surface area contributed by atoms with E-state index in [0.29, 0.717) is 50.6 Å². The van der Waals surface area contributed by atoms with Crippen molar-refractivity contribution in [2.75, 3.05) is 46.4 Å². The van der Waals surface area contributed by atoms with Crippen LogP contribution in [0.1, 0.15) is 15.9 Å². The molecule has 0 atom stereocenters. The van der Waals surface area contributed by atoms with Gasteiger partial charge < -0.3 is 10.1 Å². The van der Waals surface area contributed by atoms with E-state index in [0.717, 1.165) is 5.56 Å². The fourth-order valence-electron chi connectivity index (χ4n) is 3.34. The van der Waals surface area contributed by atoms with Gasteiger partial charge >= 0.3 is 0 Å². The Morgan fingerprint density at radius 3 is 2.00 bits per heavy atom. The largest absolute Gasteiger partial charge is 0.497 e. The number of imide groups is 1. The minimum atomic E-state index is -0.429. The topological polar surface area (TPSA) is 91.0 Å². The third kappa shape index (κ3) is 7.20. The molecule has 1 aliphatic heterocycles. The van der Waals surface area contributed by atoms with Gasteiger partial charge in [-0.15, -0.1) is 0 Å². The molecule has 0 aromatic heterocycles. The Labute approximate surface area is 182 Å². The number of hydrogen-bond acceptors (Lipinski definition) is 6. The van der Waals surface area contributed by atoms with Crippen LogP contribution in [0.15, 0.2) is 54.6 Å². The molecule has 0 bridgehead atoms. The lowest BCUT2D eigenvalue weighted by Gasteiger charge is -2.33. The Morgan fingerprint density at radius 1 is 0.839 bits per heavy atom. The van der Waals surface area contributed by atoms with E-state index in [-0.39, 0.29) is 18.4 Å². The lowest BCUT2D eigenvalue weighted by Crippen LogP contribution is -2.51. The number of amides is 3. The highest BCUT2D eigenvalue weighted by molar-refractivity contribution is 6.05. The molecule has 2 aromatic carbocycles. The van der Waals surface area contributed by atoms with E-state index >= 15 is 0 Å². The van der Waals surface area contributed by atoms with Crippen molar-refractivity contribution < 1.29 is 19.1 Å². The fourth-order valence-corrected chi connectivity index (χ4v) is 3.34. The van der Waals surface area contributed by atoms with Crippen molar-refractivity contribution in [3.05, 3.63) is 65.7 Å². The standard InChI is InChI=1S/C23H28N4O4/c1-31-20-9-7-19(8-10-20)23(30)25-22(29)17-27-13-11-26(12-14-27)16-21(28)24-15-18-5-3-2-4-6-18/h2-10H,11-17H2,1H3,(H,24,28)(H,25,29,30). The molecule has 31 heavy (non-hydrogen) atoms. The normalized spacial score (nSPS) is 14.6. The molecule has 1 saturated heterocycles. The summed E-state index contributed by atoms with van der Waals surface area (Å²) in [6.45, 7) is 3.71. The van der Waals surface area contributed by atoms with Crippen LogP contribution < -0.4 is 15.4 Å². The van der Waals surface area contributed by atoms with Crippen molar-refractivity contribution in [2.45, 2.75) is 6.54 Å². The van der Waals surface area contributed by atoms with Crippen LogP contribution >= 0.6 is 0 Å². The zero-order valence-corrected chi connectivity index (χ0v) is 17.7. The Kier molecular flexibility index (Phi) is 8.14. The highest BCUT2D eigenvalue weighted by Gasteiger charge is 2.21. The van der Waals surface area contributed by atoms with Gasteiger partial charge in [0.1, 0.15) is 5.75 Å². The third-order valence-corrected chi connectivity index (χ3v) is 5.14. The summed E-state index contributed by atoms with van der Waals surface area (Å²) in [4.78, 5) is 40.6. The van der Waals surface area contributed by atoms with Crippen LogP contribution in [-0.2, 0) is 16.1 Å². The number of ether oxygens (including phenoxy) is 1. The number of carbonyl (C=O) groups is 3. The summed E-state index contributed by atoms with van der Waals surface area (Å²) in [6.07, 6.45) is 0. The molecule has 0 unspecified atom stereocenters. The van der Waals surface area contributed by atoms with E-state index in [1.165, 1.54) is 0 Å². The molecule has 0 radical (unpaired) electrons. The van der Waals surface area contributed by atoms with Crippen LogP contribution in [0.2, 0.25) is 0 Å². The quantitative estimate of drug-likeness (QED) is 0.654. The Hall–Kier alpha value is -3.23. The maximum atomic E-state index is 12.2. The van der Waals surface area contributed by atoms with E-state index in [4.69, 9.17) is 4.74 Å². The second-order valence-corrected chi connectivity index (χ2v) is 7.42. The van der Waals surface area contributed by atoms with Gasteiger partial charge in [0.2, 0.25) is 11.8 Å². The number of hydrogen-bond donors (Lipinski definition) is 2. The number of piperazine rings is 1. The predicted molar refractivity (Wildman–Crippen MR) is 117 cm³/mol. The fraction of sp³-hybridized carbons (Fsp3) is 0.348. The van der Waals surface area contributed by atoms with E-state index in [1.807, 2.05) is 35.2 Å². The average molecular weight is 425 g/mol. The van der Waals surface area contributed by atoms with Crippen LogP contribution in [0.25, 0.3) is 0 Å². The minimum Gasteiger partial charge on any atom is -0.497 e. The zero-order valence-electron chi connectivity index (χ0n) is 17.7. The number of methoxy groups -OCH3 is 1. The van der Waals surface area contributed by atoms with Crippen LogP contribution in [0.5, 0.6) is 5.75 Å². The molecule has 3 amide bonds. The van der Waals surface area contributed by atoms with Crippen molar-refractivity contribution in [3.8, 4) is 5.75 Å². The lowest BCUT2D eigenvalue weighted by molar-refractivity contribution is -0.124. The van der Waals surface area contributed by atoms with Crippen molar-refractivity contribution in [3.63, 3.8) is 0 Å². The SMILES string of the molecule is COc1ccc(C(=O)NC(=O)CN2CCN(CC(=O)NCc3ccccc3)CC2)cc1. The van der Waals surface area contributed by atoms with Crippen LogP contribution in [0.4, 0.5) is 0 Å². The lowest BCUT2D eigenvalue weighted by atomic mass is 10.2. The van der Waals surface area contributed by atoms with Gasteiger partial charge in [0.25, 0.3) is 5.91 Å². The molecule has 1 aliphatic rings. The average Bonchev–Trinajstić information content (AvgIpc) is 2.79. The van der Waals surface area contributed by atoms with Crippen molar-refractivity contribution in [1.29, 1.82) is 0 Å². The van der Waals surface area contributed by atoms with Gasteiger partial charge in [-0.1, -0.05) is 30.3 Å². The first-order valence-corrected chi connectivity index (χ1v) is 10.3. The summed E-state index contributed by atoms with van der Waals surface area (Å²) in [7, 11) is 1.55. The molecule has 1 heterocycles. The number of rotatable bonds is 8. The summed E-state index contributed by atoms with van der Waals surface area (Å²) in [6, 6.07) is 16.4. The van der Waals surface area contributed by atoms with Crippen LogP contribution in [-0.4, -0.2) is 73.9 Å². The molecule has 1 fully saturated rings. The van der Waals surface area contributed by atoms with E-state index < -0.39 is 5.91 Å². The second-order valence-electron chi connectivity index (χ2n) is 7.42. The van der Waals surface area contributed by atoms with Gasteiger partial charge in [-0.25, -0.2) is 0 Å². The van der Waals surface area contributed by atoms with Gasteiger partial charge in [-0.2, -0.15) is 0 Å². The number of nitrogens with zero attached hydrogens (tertiary/aromatic N) is 2. The maximum absolute atomic E-state index is 12.2. The monoisotopic (exact) mass is 424 g/mol. The van der Waals surface area contributed by atoms with Gasteiger partial charge in [0, 0.05) is 38.3 Å². The van der Waals surface area contributed by atoms with Gasteiger partial charge in [-0.05, 0) is 29.8 Å². The molecule has 2 aromatic rings. The summed E-state index contributed by atoms with van der Waals surface area (Å²) < 4.78 is 5.06. The highest BCUT2D eigenvalue weighted by Crippen LogP contribution is 2.11. The Balaban J connectivity index is 1.34. The second kappa shape index (κ2) is 11.2. The van der Waals surface area contributed by atoms with Crippen molar-refractivity contribution in [2.24, 2.45) is 0 Å². The Morgan fingerprint density at radius 2 is 1.42 bits per heavy atom. The van der Waals surface area contributed by atoms with E-state index in [1.54, 1.807) is 31.4 Å². The molecule has 8 heteroatoms. The van der Waals surface area contributed by atoms with Gasteiger partial charge in [0.05, 0.1) is 20.2 Å². The minimum absolute atomic E-state index is 0.0138. The molecule has 0 spiro atoms. The molecule has 3 rings (SSSR count). The van der Waals surface area contributed by atoms with Crippen LogP contribution in [0, 0.1) is 0 Å². The number of nitrogens with one attached hydrogen (secondary N) is 2. The third-order valence-electron chi connectivity index (χ3n) is 5.14. The van der Waals surface area contributed by atoms with Crippen molar-refractivity contribution >= 4 is 17.7 Å². The van der Waals surface area contributed by atoms with Crippen molar-refractivity contribution in [1.82, 2.24) is 20.4 Å². The first-order valence-electron chi connectivity index (χ1n) is 10.3. The number of benzene rings is 2. The first-order chi connectivity index (χ1) is 15.0. The summed E-state index contributed by atoms with van der Waals surface area (Å²) >= 11 is 0. The van der Waals surface area contributed by atoms with Crippen LogP contribution in [0.3, 0.4) is 0 Å². The highest BCUT2D eigenvalue weighted by atomic mass is 16.5. The molecule has 0 saturated carbocycles. The summed E-state index contributed by atoms with van der Waals surface area (Å²) in [5.41, 5.74) is 1.47. The Bertz CT molecular complexity index is 878. The van der Waals surface area contributed by atoms with E-state index in [9.17, 15) is 14.4 Å². The molecule has 0 aliphatic carbocycles. The van der Waals surface area contributed by atoms with E-state index in [2.05, 4.69) is 15.5 Å². The predicted octanol–water partition coefficient (Wildman–Crippen LogP) is 0.886. The zero-order chi connectivity index (χ0) is 22.1. The smallest absolute Gasteiger partial charge is 0.257 e.